The second kappa shape index (κ2) is 3.68. The van der Waals surface area contributed by atoms with Gasteiger partial charge >= 0.3 is 0 Å². The number of aromatic nitrogens is 4. The number of hydrogen-bond acceptors (Lipinski definition) is 5. The number of benzene rings is 1. The molecule has 6 heteroatoms. The van der Waals surface area contributed by atoms with E-state index in [2.05, 4.69) is 20.4 Å². The number of anilines is 2. The van der Waals surface area contributed by atoms with E-state index in [4.69, 9.17) is 5.73 Å². The molecule has 0 atom stereocenters. The zero-order valence-corrected chi connectivity index (χ0v) is 10.2. The van der Waals surface area contributed by atoms with Crippen molar-refractivity contribution in [2.75, 3.05) is 17.6 Å². The molecule has 19 heavy (non-hydrogen) atoms. The van der Waals surface area contributed by atoms with Crippen LogP contribution in [0.1, 0.15) is 5.69 Å². The van der Waals surface area contributed by atoms with E-state index in [0.717, 1.165) is 41.2 Å². The van der Waals surface area contributed by atoms with Gasteiger partial charge in [-0.3, -0.25) is 0 Å². The molecule has 94 valence electrons. The number of para-hydroxylation sites is 1. The first-order chi connectivity index (χ1) is 9.33. The van der Waals surface area contributed by atoms with Crippen molar-refractivity contribution in [1.82, 2.24) is 19.7 Å². The second-order valence-corrected chi connectivity index (χ2v) is 4.50. The van der Waals surface area contributed by atoms with Crippen LogP contribution in [-0.2, 0) is 6.42 Å². The van der Waals surface area contributed by atoms with E-state index in [1.54, 1.807) is 0 Å². The summed E-state index contributed by atoms with van der Waals surface area (Å²) in [5.74, 6) is 1.05. The first-order valence-corrected chi connectivity index (χ1v) is 6.17. The summed E-state index contributed by atoms with van der Waals surface area (Å²) in [7, 11) is 0. The number of hydrogen-bond donors (Lipinski definition) is 2. The van der Waals surface area contributed by atoms with Gasteiger partial charge in [-0.25, -0.2) is 4.68 Å². The predicted octanol–water partition coefficient (Wildman–Crippen LogP) is 1.37. The molecule has 0 saturated heterocycles. The Morgan fingerprint density at radius 2 is 2.00 bits per heavy atom. The van der Waals surface area contributed by atoms with Crippen LogP contribution in [0.2, 0.25) is 0 Å². The van der Waals surface area contributed by atoms with Crippen molar-refractivity contribution in [3.63, 3.8) is 0 Å². The summed E-state index contributed by atoms with van der Waals surface area (Å²) in [6, 6.07) is 9.93. The molecule has 4 rings (SSSR count). The van der Waals surface area contributed by atoms with E-state index in [-0.39, 0.29) is 5.95 Å². The molecule has 1 aliphatic rings. The molecular weight excluding hydrogens is 240 g/mol. The van der Waals surface area contributed by atoms with Crippen molar-refractivity contribution in [3.05, 3.63) is 36.0 Å². The summed E-state index contributed by atoms with van der Waals surface area (Å²) in [5.41, 5.74) is 8.53. The van der Waals surface area contributed by atoms with E-state index in [0.29, 0.717) is 0 Å². The first-order valence-electron chi connectivity index (χ1n) is 6.17. The van der Waals surface area contributed by atoms with Gasteiger partial charge in [0.05, 0.1) is 16.8 Å². The minimum Gasteiger partial charge on any atom is -0.369 e. The number of nitrogens with two attached hydrogens (primary N) is 1. The van der Waals surface area contributed by atoms with E-state index >= 15 is 0 Å². The van der Waals surface area contributed by atoms with Crippen LogP contribution in [0.15, 0.2) is 30.3 Å². The highest BCUT2D eigenvalue weighted by Crippen LogP contribution is 2.29. The molecule has 0 bridgehead atoms. The van der Waals surface area contributed by atoms with Crippen molar-refractivity contribution >= 4 is 22.8 Å². The van der Waals surface area contributed by atoms with Gasteiger partial charge in [-0.2, -0.15) is 15.1 Å². The third-order valence-electron chi connectivity index (χ3n) is 3.27. The third kappa shape index (κ3) is 1.46. The molecule has 1 aliphatic heterocycles. The fourth-order valence-corrected chi connectivity index (χ4v) is 2.45. The average Bonchev–Trinajstić information content (AvgIpc) is 2.80. The van der Waals surface area contributed by atoms with Crippen molar-refractivity contribution in [2.24, 2.45) is 0 Å². The van der Waals surface area contributed by atoms with Crippen LogP contribution >= 0.6 is 0 Å². The molecule has 0 spiro atoms. The summed E-state index contributed by atoms with van der Waals surface area (Å²) in [6.45, 7) is 0.824. The maximum absolute atomic E-state index is 5.78. The van der Waals surface area contributed by atoms with E-state index < -0.39 is 0 Å². The monoisotopic (exact) mass is 252 g/mol. The van der Waals surface area contributed by atoms with E-state index in [1.807, 2.05) is 35.0 Å². The Kier molecular flexibility index (Phi) is 2.00. The number of nitrogen functional groups attached to an aromatic ring is 1. The van der Waals surface area contributed by atoms with Crippen LogP contribution in [0.4, 0.5) is 11.8 Å². The van der Waals surface area contributed by atoms with Gasteiger partial charge in [0.1, 0.15) is 5.82 Å². The highest BCUT2D eigenvalue weighted by atomic mass is 15.3. The fourth-order valence-electron chi connectivity index (χ4n) is 2.45. The first kappa shape index (κ1) is 10.3. The van der Waals surface area contributed by atoms with Crippen molar-refractivity contribution in [1.29, 1.82) is 0 Å². The molecule has 0 unspecified atom stereocenters. The Balaban J connectivity index is 2.08. The lowest BCUT2D eigenvalue weighted by Gasteiger charge is -2.11. The molecule has 3 aromatic rings. The number of nitrogens with zero attached hydrogens (tertiary/aromatic N) is 4. The van der Waals surface area contributed by atoms with Crippen LogP contribution in [0.25, 0.3) is 16.7 Å². The van der Waals surface area contributed by atoms with Crippen molar-refractivity contribution in [2.45, 2.75) is 6.42 Å². The standard InChI is InChI=1S/C13H12N6/c14-13-16-11-10-9(6-7-15-11)18-19(12(10)17-13)8-4-2-1-3-5-8/h1-5H,6-7H2,(H3,14,15,16,17). The predicted molar refractivity (Wildman–Crippen MR) is 73.3 cm³/mol. The molecule has 0 aliphatic carbocycles. The molecule has 3 heterocycles. The molecule has 0 amide bonds. The van der Waals surface area contributed by atoms with Gasteiger partial charge in [-0.15, -0.1) is 0 Å². The van der Waals surface area contributed by atoms with Crippen LogP contribution < -0.4 is 11.1 Å². The summed E-state index contributed by atoms with van der Waals surface area (Å²) in [5, 5.41) is 8.87. The maximum atomic E-state index is 5.78. The van der Waals surface area contributed by atoms with Crippen LogP contribution in [0.5, 0.6) is 0 Å². The number of nitrogens with one attached hydrogen (secondary N) is 1. The minimum atomic E-state index is 0.264. The van der Waals surface area contributed by atoms with E-state index in [1.165, 1.54) is 0 Å². The lowest BCUT2D eigenvalue weighted by Crippen LogP contribution is -2.13. The van der Waals surface area contributed by atoms with Gasteiger partial charge in [0.25, 0.3) is 0 Å². The van der Waals surface area contributed by atoms with Gasteiger partial charge in [-0.1, -0.05) is 18.2 Å². The van der Waals surface area contributed by atoms with Crippen LogP contribution in [-0.4, -0.2) is 26.3 Å². The Hall–Kier alpha value is -2.63. The topological polar surface area (TPSA) is 81.7 Å². The lowest BCUT2D eigenvalue weighted by atomic mass is 10.1. The zero-order valence-electron chi connectivity index (χ0n) is 10.2. The van der Waals surface area contributed by atoms with Crippen molar-refractivity contribution in [3.8, 4) is 5.69 Å². The Morgan fingerprint density at radius 1 is 1.16 bits per heavy atom. The Morgan fingerprint density at radius 3 is 2.84 bits per heavy atom. The third-order valence-corrected chi connectivity index (χ3v) is 3.27. The summed E-state index contributed by atoms with van der Waals surface area (Å²) in [4.78, 5) is 8.58. The molecule has 6 nitrogen and oxygen atoms in total. The minimum absolute atomic E-state index is 0.264. The van der Waals surface area contributed by atoms with Crippen LogP contribution in [0.3, 0.4) is 0 Å². The van der Waals surface area contributed by atoms with E-state index in [9.17, 15) is 0 Å². The van der Waals surface area contributed by atoms with Gasteiger partial charge in [0.15, 0.2) is 5.65 Å². The summed E-state index contributed by atoms with van der Waals surface area (Å²) >= 11 is 0. The molecule has 1 aromatic carbocycles. The smallest absolute Gasteiger partial charge is 0.224 e. The molecule has 0 fully saturated rings. The maximum Gasteiger partial charge on any atom is 0.224 e. The zero-order chi connectivity index (χ0) is 12.8. The SMILES string of the molecule is Nc1nc2c3c(nn(-c4ccccc4)c3n1)CCN2. The van der Waals surface area contributed by atoms with Gasteiger partial charge < -0.3 is 11.1 Å². The van der Waals surface area contributed by atoms with Gasteiger partial charge in [0.2, 0.25) is 5.95 Å². The largest absolute Gasteiger partial charge is 0.369 e. The second-order valence-electron chi connectivity index (χ2n) is 4.50. The van der Waals surface area contributed by atoms with Gasteiger partial charge in [-0.05, 0) is 12.1 Å². The normalized spacial score (nSPS) is 13.5. The Labute approximate surface area is 109 Å². The average molecular weight is 252 g/mol. The molecular formula is C13H12N6. The quantitative estimate of drug-likeness (QED) is 0.683. The highest BCUT2D eigenvalue weighted by Gasteiger charge is 2.21. The molecule has 3 N–H and O–H groups in total. The number of rotatable bonds is 1. The molecule has 0 saturated carbocycles. The summed E-state index contributed by atoms with van der Waals surface area (Å²) in [6.07, 6.45) is 0.872. The van der Waals surface area contributed by atoms with Crippen molar-refractivity contribution < 1.29 is 0 Å². The fraction of sp³-hybridized carbons (Fsp3) is 0.154. The Bertz CT molecular complexity index is 762. The van der Waals surface area contributed by atoms with Gasteiger partial charge in [0, 0.05) is 13.0 Å². The lowest BCUT2D eigenvalue weighted by molar-refractivity contribution is 0.841. The highest BCUT2D eigenvalue weighted by molar-refractivity contribution is 5.92. The molecule has 0 radical (unpaired) electrons. The van der Waals surface area contributed by atoms with Crippen LogP contribution in [0, 0.1) is 0 Å². The summed E-state index contributed by atoms with van der Waals surface area (Å²) < 4.78 is 1.83. The molecule has 2 aromatic heterocycles.